The highest BCUT2D eigenvalue weighted by molar-refractivity contribution is 9.10. The maximum Gasteiger partial charge on any atom is 0.239 e. The molecule has 18 heavy (non-hydrogen) atoms. The zero-order valence-corrected chi connectivity index (χ0v) is 11.5. The van der Waals surface area contributed by atoms with Crippen LogP contribution in [0.3, 0.4) is 0 Å². The number of nitrogens with two attached hydrogens (primary N) is 1. The molecule has 4 N–H and O–H groups in total. The standard InChI is InChI=1S/C10H13BrN6O/c1-5-3-13-9(18-5)6(2)15-8-7(11)4-14-10(16-8)17-12/h3-4,6H,12H2,1-2H3,(H2,14,15,16,17). The molecule has 0 amide bonds. The molecule has 2 rings (SSSR count). The molecular weight excluding hydrogens is 300 g/mol. The highest BCUT2D eigenvalue weighted by Gasteiger charge is 2.14. The number of nitrogens with one attached hydrogen (secondary N) is 2. The predicted molar refractivity (Wildman–Crippen MR) is 70.8 cm³/mol. The second-order valence-electron chi connectivity index (χ2n) is 3.71. The number of nitrogen functional groups attached to an aromatic ring is 1. The van der Waals surface area contributed by atoms with Crippen LogP contribution in [-0.2, 0) is 0 Å². The van der Waals surface area contributed by atoms with Gasteiger partial charge >= 0.3 is 0 Å². The van der Waals surface area contributed by atoms with Crippen molar-refractivity contribution in [1.29, 1.82) is 0 Å². The molecule has 2 heterocycles. The first-order chi connectivity index (χ1) is 8.60. The fourth-order valence-electron chi connectivity index (χ4n) is 1.38. The molecule has 1 unspecified atom stereocenters. The molecule has 0 aromatic carbocycles. The fraction of sp³-hybridized carbons (Fsp3) is 0.300. The Labute approximate surface area is 112 Å². The van der Waals surface area contributed by atoms with Gasteiger partial charge in [-0.1, -0.05) is 0 Å². The molecule has 2 aromatic heterocycles. The number of oxazole rings is 1. The number of nitrogens with zero attached hydrogens (tertiary/aromatic N) is 3. The Morgan fingerprint density at radius 1 is 1.39 bits per heavy atom. The van der Waals surface area contributed by atoms with Gasteiger partial charge in [-0.05, 0) is 29.8 Å². The molecular formula is C10H13BrN6O. The van der Waals surface area contributed by atoms with Crippen molar-refractivity contribution in [2.24, 2.45) is 5.84 Å². The highest BCUT2D eigenvalue weighted by atomic mass is 79.9. The van der Waals surface area contributed by atoms with E-state index in [4.69, 9.17) is 10.3 Å². The second-order valence-corrected chi connectivity index (χ2v) is 4.56. The third-order valence-electron chi connectivity index (χ3n) is 2.24. The zero-order valence-electron chi connectivity index (χ0n) is 9.94. The van der Waals surface area contributed by atoms with E-state index in [-0.39, 0.29) is 6.04 Å². The van der Waals surface area contributed by atoms with Gasteiger partial charge in [0.2, 0.25) is 11.8 Å². The maximum atomic E-state index is 5.44. The average Bonchev–Trinajstić information content (AvgIpc) is 2.79. The number of hydrazine groups is 1. The summed E-state index contributed by atoms with van der Waals surface area (Å²) in [5, 5.41) is 3.16. The van der Waals surface area contributed by atoms with E-state index in [1.54, 1.807) is 12.4 Å². The van der Waals surface area contributed by atoms with E-state index < -0.39 is 0 Å². The third kappa shape index (κ3) is 2.77. The molecule has 0 aliphatic heterocycles. The van der Waals surface area contributed by atoms with Crippen molar-refractivity contribution in [2.75, 3.05) is 10.7 Å². The molecule has 0 aliphatic carbocycles. The van der Waals surface area contributed by atoms with Crippen molar-refractivity contribution in [3.8, 4) is 0 Å². The summed E-state index contributed by atoms with van der Waals surface area (Å²) in [4.78, 5) is 12.3. The smallest absolute Gasteiger partial charge is 0.239 e. The van der Waals surface area contributed by atoms with Gasteiger partial charge in [-0.3, -0.25) is 5.43 Å². The fourth-order valence-corrected chi connectivity index (χ4v) is 1.68. The van der Waals surface area contributed by atoms with Gasteiger partial charge in [0.25, 0.3) is 0 Å². The van der Waals surface area contributed by atoms with Crippen LogP contribution in [0, 0.1) is 6.92 Å². The lowest BCUT2D eigenvalue weighted by Gasteiger charge is -2.12. The van der Waals surface area contributed by atoms with Crippen LogP contribution < -0.4 is 16.6 Å². The van der Waals surface area contributed by atoms with Crippen LogP contribution in [0.5, 0.6) is 0 Å². The Bertz CT molecular complexity index is 543. The first kappa shape index (κ1) is 12.8. The Balaban J connectivity index is 2.18. The average molecular weight is 313 g/mol. The minimum absolute atomic E-state index is 0.115. The molecule has 2 aromatic rings. The van der Waals surface area contributed by atoms with Gasteiger partial charge in [0, 0.05) is 6.20 Å². The van der Waals surface area contributed by atoms with Gasteiger partial charge in [-0.2, -0.15) is 4.98 Å². The molecule has 0 saturated heterocycles. The van der Waals surface area contributed by atoms with Gasteiger partial charge in [-0.15, -0.1) is 0 Å². The van der Waals surface area contributed by atoms with E-state index >= 15 is 0 Å². The van der Waals surface area contributed by atoms with Crippen molar-refractivity contribution >= 4 is 27.7 Å². The molecule has 0 spiro atoms. The largest absolute Gasteiger partial charge is 0.444 e. The quantitative estimate of drug-likeness (QED) is 0.586. The van der Waals surface area contributed by atoms with Crippen LogP contribution in [0.4, 0.5) is 11.8 Å². The Morgan fingerprint density at radius 2 is 2.17 bits per heavy atom. The second kappa shape index (κ2) is 5.32. The van der Waals surface area contributed by atoms with Gasteiger partial charge < -0.3 is 9.73 Å². The summed E-state index contributed by atoms with van der Waals surface area (Å²) in [6, 6.07) is -0.115. The Kier molecular flexibility index (Phi) is 3.78. The molecule has 1 atom stereocenters. The number of aromatic nitrogens is 3. The summed E-state index contributed by atoms with van der Waals surface area (Å²) in [6.45, 7) is 3.77. The summed E-state index contributed by atoms with van der Waals surface area (Å²) >= 11 is 3.36. The van der Waals surface area contributed by atoms with Crippen molar-refractivity contribution in [2.45, 2.75) is 19.9 Å². The third-order valence-corrected chi connectivity index (χ3v) is 2.82. The molecule has 8 heteroatoms. The normalized spacial score (nSPS) is 12.2. The first-order valence-corrected chi connectivity index (χ1v) is 6.07. The number of anilines is 2. The highest BCUT2D eigenvalue weighted by Crippen LogP contribution is 2.24. The van der Waals surface area contributed by atoms with Gasteiger partial charge in [0.15, 0.2) is 0 Å². The van der Waals surface area contributed by atoms with Gasteiger partial charge in [0.1, 0.15) is 17.6 Å². The first-order valence-electron chi connectivity index (χ1n) is 5.28. The van der Waals surface area contributed by atoms with E-state index in [9.17, 15) is 0 Å². The van der Waals surface area contributed by atoms with E-state index in [1.807, 2.05) is 13.8 Å². The van der Waals surface area contributed by atoms with Crippen molar-refractivity contribution < 1.29 is 4.42 Å². The topological polar surface area (TPSA) is 102 Å². The van der Waals surface area contributed by atoms with Crippen molar-refractivity contribution in [3.63, 3.8) is 0 Å². The monoisotopic (exact) mass is 312 g/mol. The summed E-state index contributed by atoms with van der Waals surface area (Å²) in [6.07, 6.45) is 3.29. The van der Waals surface area contributed by atoms with Crippen LogP contribution in [0.15, 0.2) is 21.3 Å². The van der Waals surface area contributed by atoms with Crippen LogP contribution in [-0.4, -0.2) is 15.0 Å². The SMILES string of the molecule is Cc1cnc(C(C)Nc2nc(NN)ncc2Br)o1. The summed E-state index contributed by atoms with van der Waals surface area (Å²) in [5.74, 6) is 7.57. The lowest BCUT2D eigenvalue weighted by molar-refractivity contribution is 0.453. The minimum atomic E-state index is -0.115. The van der Waals surface area contributed by atoms with Crippen LogP contribution >= 0.6 is 15.9 Å². The van der Waals surface area contributed by atoms with Gasteiger partial charge in [-0.25, -0.2) is 15.8 Å². The number of hydrogen-bond donors (Lipinski definition) is 3. The molecule has 0 saturated carbocycles. The van der Waals surface area contributed by atoms with E-state index in [1.165, 1.54) is 0 Å². The number of hydrogen-bond acceptors (Lipinski definition) is 7. The number of rotatable bonds is 4. The summed E-state index contributed by atoms with van der Waals surface area (Å²) < 4.78 is 6.17. The van der Waals surface area contributed by atoms with Gasteiger partial charge in [0.05, 0.1) is 10.7 Å². The predicted octanol–water partition coefficient (Wildman–Crippen LogP) is 1.99. The summed E-state index contributed by atoms with van der Waals surface area (Å²) in [5.41, 5.74) is 2.39. The summed E-state index contributed by atoms with van der Waals surface area (Å²) in [7, 11) is 0. The maximum absolute atomic E-state index is 5.44. The van der Waals surface area contributed by atoms with Crippen molar-refractivity contribution in [1.82, 2.24) is 15.0 Å². The van der Waals surface area contributed by atoms with Crippen LogP contribution in [0.1, 0.15) is 24.6 Å². The Morgan fingerprint density at radius 3 is 2.78 bits per heavy atom. The number of aryl methyl sites for hydroxylation is 1. The zero-order chi connectivity index (χ0) is 13.1. The van der Waals surface area contributed by atoms with Crippen LogP contribution in [0.2, 0.25) is 0 Å². The molecule has 0 bridgehead atoms. The van der Waals surface area contributed by atoms with E-state index in [0.29, 0.717) is 17.7 Å². The lowest BCUT2D eigenvalue weighted by atomic mass is 10.3. The number of halogens is 1. The molecule has 0 fully saturated rings. The molecule has 7 nitrogen and oxygen atoms in total. The van der Waals surface area contributed by atoms with Crippen LogP contribution in [0.25, 0.3) is 0 Å². The van der Waals surface area contributed by atoms with Crippen molar-refractivity contribution in [3.05, 3.63) is 28.5 Å². The van der Waals surface area contributed by atoms with E-state index in [2.05, 4.69) is 41.6 Å². The molecule has 96 valence electrons. The lowest BCUT2D eigenvalue weighted by Crippen LogP contribution is -2.13. The molecule has 0 aliphatic rings. The van der Waals surface area contributed by atoms with E-state index in [0.717, 1.165) is 10.2 Å². The minimum Gasteiger partial charge on any atom is -0.444 e. The Hall–Kier alpha value is -1.67. The molecule has 0 radical (unpaired) electrons.